The molecule has 17 heavy (non-hydrogen) atoms. The van der Waals surface area contributed by atoms with Crippen molar-refractivity contribution in [2.75, 3.05) is 13.6 Å². The van der Waals surface area contributed by atoms with Crippen LogP contribution < -0.4 is 5.73 Å². The minimum Gasteiger partial charge on any atom is -0.409 e. The van der Waals surface area contributed by atoms with E-state index in [0.29, 0.717) is 25.6 Å². The molecule has 96 valence electrons. The summed E-state index contributed by atoms with van der Waals surface area (Å²) in [6, 6.07) is 0.296. The predicted molar refractivity (Wildman–Crippen MR) is 64.8 cm³/mol. The molecule has 0 unspecified atom stereocenters. The summed E-state index contributed by atoms with van der Waals surface area (Å²) in [4.78, 5) is 6.28. The van der Waals surface area contributed by atoms with Crippen molar-refractivity contribution in [3.05, 3.63) is 12.2 Å². The van der Waals surface area contributed by atoms with Crippen LogP contribution in [0.5, 0.6) is 0 Å². The third kappa shape index (κ3) is 4.03. The normalized spacial score (nSPS) is 12.6. The fourth-order valence-electron chi connectivity index (χ4n) is 1.49. The highest BCUT2D eigenvalue weighted by Gasteiger charge is 2.10. The molecule has 1 rings (SSSR count). The molecular weight excluding hydrogens is 220 g/mol. The Hall–Kier alpha value is -1.63. The van der Waals surface area contributed by atoms with Crippen molar-refractivity contribution in [3.63, 3.8) is 0 Å². The van der Waals surface area contributed by atoms with Crippen molar-refractivity contribution >= 4 is 5.84 Å². The highest BCUT2D eigenvalue weighted by Crippen LogP contribution is 2.07. The van der Waals surface area contributed by atoms with E-state index in [1.54, 1.807) is 6.33 Å². The number of amidine groups is 1. The van der Waals surface area contributed by atoms with Gasteiger partial charge in [-0.1, -0.05) is 5.16 Å². The SMILES string of the molecule is CC(C)n1ncnc1CN(C)CCC(N)=NO. The van der Waals surface area contributed by atoms with E-state index in [1.165, 1.54) is 0 Å². The van der Waals surface area contributed by atoms with Gasteiger partial charge in [-0.2, -0.15) is 5.10 Å². The van der Waals surface area contributed by atoms with Crippen molar-refractivity contribution < 1.29 is 5.21 Å². The monoisotopic (exact) mass is 240 g/mol. The number of rotatable bonds is 6. The summed E-state index contributed by atoms with van der Waals surface area (Å²) in [5.74, 6) is 1.16. The fourth-order valence-corrected chi connectivity index (χ4v) is 1.49. The molecule has 0 saturated heterocycles. The number of hydrogen-bond acceptors (Lipinski definition) is 5. The van der Waals surface area contributed by atoms with E-state index in [2.05, 4.69) is 34.0 Å². The molecule has 0 fully saturated rings. The highest BCUT2D eigenvalue weighted by atomic mass is 16.4. The van der Waals surface area contributed by atoms with Crippen LogP contribution in [0, 0.1) is 0 Å². The molecule has 1 aromatic rings. The number of nitrogens with zero attached hydrogens (tertiary/aromatic N) is 5. The summed E-state index contributed by atoms with van der Waals surface area (Å²) in [6.07, 6.45) is 2.09. The first-order valence-corrected chi connectivity index (χ1v) is 5.58. The Morgan fingerprint density at radius 1 is 1.65 bits per heavy atom. The van der Waals surface area contributed by atoms with E-state index in [9.17, 15) is 0 Å². The topological polar surface area (TPSA) is 92.6 Å². The van der Waals surface area contributed by atoms with Gasteiger partial charge < -0.3 is 10.9 Å². The average molecular weight is 240 g/mol. The van der Waals surface area contributed by atoms with Crippen molar-refractivity contribution in [2.45, 2.75) is 32.9 Å². The zero-order chi connectivity index (χ0) is 12.8. The highest BCUT2D eigenvalue weighted by molar-refractivity contribution is 5.79. The molecule has 0 aliphatic carbocycles. The van der Waals surface area contributed by atoms with Gasteiger partial charge in [-0.15, -0.1) is 0 Å². The van der Waals surface area contributed by atoms with Crippen LogP contribution in [-0.2, 0) is 6.54 Å². The van der Waals surface area contributed by atoms with Crippen LogP contribution in [0.2, 0.25) is 0 Å². The largest absolute Gasteiger partial charge is 0.409 e. The summed E-state index contributed by atoms with van der Waals surface area (Å²) in [5, 5.41) is 15.5. The van der Waals surface area contributed by atoms with Crippen molar-refractivity contribution in [2.24, 2.45) is 10.9 Å². The molecule has 3 N–H and O–H groups in total. The molecule has 0 spiro atoms. The second kappa shape index (κ2) is 6.19. The molecule has 1 heterocycles. The lowest BCUT2D eigenvalue weighted by Crippen LogP contribution is -2.26. The molecule has 1 aromatic heterocycles. The van der Waals surface area contributed by atoms with Gasteiger partial charge in [0, 0.05) is 19.0 Å². The Kier molecular flexibility index (Phi) is 4.89. The summed E-state index contributed by atoms with van der Waals surface area (Å²) in [5.41, 5.74) is 5.41. The van der Waals surface area contributed by atoms with Gasteiger partial charge in [0.05, 0.1) is 6.54 Å². The van der Waals surface area contributed by atoms with Gasteiger partial charge in [-0.05, 0) is 20.9 Å². The predicted octanol–water partition coefficient (Wildman–Crippen LogP) is 0.427. The van der Waals surface area contributed by atoms with E-state index in [4.69, 9.17) is 10.9 Å². The maximum absolute atomic E-state index is 8.44. The molecule has 0 aromatic carbocycles. The first kappa shape index (κ1) is 13.4. The lowest BCUT2D eigenvalue weighted by molar-refractivity contribution is 0.302. The quantitative estimate of drug-likeness (QED) is 0.325. The second-order valence-corrected chi connectivity index (χ2v) is 4.29. The summed E-state index contributed by atoms with van der Waals surface area (Å²) < 4.78 is 1.89. The van der Waals surface area contributed by atoms with Crippen LogP contribution in [0.3, 0.4) is 0 Å². The van der Waals surface area contributed by atoms with E-state index in [1.807, 2.05) is 11.7 Å². The van der Waals surface area contributed by atoms with Gasteiger partial charge in [-0.3, -0.25) is 4.90 Å². The summed E-state index contributed by atoms with van der Waals surface area (Å²) in [7, 11) is 1.96. The first-order valence-electron chi connectivity index (χ1n) is 5.58. The first-order chi connectivity index (χ1) is 8.04. The molecule has 0 radical (unpaired) electrons. The van der Waals surface area contributed by atoms with E-state index >= 15 is 0 Å². The lowest BCUT2D eigenvalue weighted by atomic mass is 10.3. The molecule has 0 saturated carbocycles. The van der Waals surface area contributed by atoms with Crippen molar-refractivity contribution in [1.82, 2.24) is 19.7 Å². The van der Waals surface area contributed by atoms with Gasteiger partial charge in [-0.25, -0.2) is 9.67 Å². The van der Waals surface area contributed by atoms with E-state index in [0.717, 1.165) is 5.82 Å². The molecule has 0 bridgehead atoms. The van der Waals surface area contributed by atoms with Crippen LogP contribution in [0.1, 0.15) is 32.1 Å². The van der Waals surface area contributed by atoms with Gasteiger partial charge in [0.25, 0.3) is 0 Å². The molecule has 0 aliphatic rings. The van der Waals surface area contributed by atoms with Crippen LogP contribution in [-0.4, -0.2) is 44.3 Å². The fraction of sp³-hybridized carbons (Fsp3) is 0.700. The minimum atomic E-state index is 0.238. The van der Waals surface area contributed by atoms with Gasteiger partial charge in [0.15, 0.2) is 0 Å². The molecule has 7 nitrogen and oxygen atoms in total. The number of aromatic nitrogens is 3. The molecule has 0 atom stereocenters. The van der Waals surface area contributed by atoms with Gasteiger partial charge in [0.2, 0.25) is 0 Å². The zero-order valence-corrected chi connectivity index (χ0v) is 10.5. The molecule has 0 aliphatic heterocycles. The third-order valence-electron chi connectivity index (χ3n) is 2.43. The summed E-state index contributed by atoms with van der Waals surface area (Å²) >= 11 is 0. The van der Waals surface area contributed by atoms with E-state index in [-0.39, 0.29) is 5.84 Å². The van der Waals surface area contributed by atoms with Gasteiger partial charge in [0.1, 0.15) is 18.0 Å². The maximum atomic E-state index is 8.44. The number of hydrogen-bond donors (Lipinski definition) is 2. The van der Waals surface area contributed by atoms with Crippen LogP contribution >= 0.6 is 0 Å². The number of oxime groups is 1. The van der Waals surface area contributed by atoms with Crippen LogP contribution in [0.25, 0.3) is 0 Å². The smallest absolute Gasteiger partial charge is 0.141 e. The number of nitrogens with two attached hydrogens (primary N) is 1. The zero-order valence-electron chi connectivity index (χ0n) is 10.5. The molecular formula is C10H20N6O. The maximum Gasteiger partial charge on any atom is 0.141 e. The van der Waals surface area contributed by atoms with Crippen LogP contribution in [0.15, 0.2) is 11.5 Å². The Labute approximate surface area is 101 Å². The second-order valence-electron chi connectivity index (χ2n) is 4.29. The Bertz CT molecular complexity index is 373. The molecule has 7 heteroatoms. The lowest BCUT2D eigenvalue weighted by Gasteiger charge is -2.17. The van der Waals surface area contributed by atoms with Crippen molar-refractivity contribution in [3.8, 4) is 0 Å². The average Bonchev–Trinajstić information content (AvgIpc) is 2.74. The minimum absolute atomic E-state index is 0.238. The van der Waals surface area contributed by atoms with E-state index < -0.39 is 0 Å². The Morgan fingerprint density at radius 3 is 2.94 bits per heavy atom. The third-order valence-corrected chi connectivity index (χ3v) is 2.43. The standard InChI is InChI=1S/C10H20N6O/c1-8(2)16-10(12-7-13-16)6-15(3)5-4-9(11)14-17/h7-8,17H,4-6H2,1-3H3,(H2,11,14). The van der Waals surface area contributed by atoms with Crippen molar-refractivity contribution in [1.29, 1.82) is 0 Å². The Balaban J connectivity index is 2.50. The van der Waals surface area contributed by atoms with Crippen LogP contribution in [0.4, 0.5) is 0 Å². The van der Waals surface area contributed by atoms with Gasteiger partial charge >= 0.3 is 0 Å². The summed E-state index contributed by atoms with van der Waals surface area (Å²) in [6.45, 7) is 5.53. The Morgan fingerprint density at radius 2 is 2.35 bits per heavy atom. The molecule has 0 amide bonds.